The fourth-order valence-corrected chi connectivity index (χ4v) is 4.45. The van der Waals surface area contributed by atoms with E-state index in [1.54, 1.807) is 6.07 Å². The van der Waals surface area contributed by atoms with Crippen LogP contribution in [0.15, 0.2) is 53.1 Å². The summed E-state index contributed by atoms with van der Waals surface area (Å²) < 4.78 is 11.1. The SMILES string of the molecule is Cc1cccc(N2CCN(CCCCNC(=O)c3ccccc3OCc3c(C)noc3C)CC2)c1. The van der Waals surface area contributed by atoms with Crippen LogP contribution in [0.25, 0.3) is 0 Å². The number of hydrogen-bond acceptors (Lipinski definition) is 6. The highest BCUT2D eigenvalue weighted by molar-refractivity contribution is 5.96. The molecule has 1 aliphatic rings. The number of benzene rings is 2. The van der Waals surface area contributed by atoms with Gasteiger partial charge in [-0.3, -0.25) is 9.69 Å². The van der Waals surface area contributed by atoms with Gasteiger partial charge in [0, 0.05) is 38.4 Å². The monoisotopic (exact) mass is 476 g/mol. The van der Waals surface area contributed by atoms with Crippen molar-refractivity contribution < 1.29 is 14.1 Å². The van der Waals surface area contributed by atoms with Gasteiger partial charge in [-0.2, -0.15) is 0 Å². The lowest BCUT2D eigenvalue weighted by Crippen LogP contribution is -2.46. The summed E-state index contributed by atoms with van der Waals surface area (Å²) in [4.78, 5) is 17.8. The molecule has 0 unspecified atom stereocenters. The topological polar surface area (TPSA) is 70.8 Å². The van der Waals surface area contributed by atoms with Crippen molar-refractivity contribution in [3.05, 3.63) is 76.7 Å². The molecule has 2 heterocycles. The molecule has 7 heteroatoms. The van der Waals surface area contributed by atoms with Crippen molar-refractivity contribution in [2.24, 2.45) is 0 Å². The maximum atomic E-state index is 12.8. The van der Waals surface area contributed by atoms with E-state index in [1.807, 2.05) is 32.0 Å². The first kappa shape index (κ1) is 24.8. The van der Waals surface area contributed by atoms with Gasteiger partial charge in [0.1, 0.15) is 18.1 Å². The van der Waals surface area contributed by atoms with Crippen molar-refractivity contribution in [1.82, 2.24) is 15.4 Å². The summed E-state index contributed by atoms with van der Waals surface area (Å²) in [5, 5.41) is 7.01. The van der Waals surface area contributed by atoms with Gasteiger partial charge in [0.05, 0.1) is 16.8 Å². The van der Waals surface area contributed by atoms with Crippen molar-refractivity contribution in [1.29, 1.82) is 0 Å². The first-order chi connectivity index (χ1) is 17.0. The van der Waals surface area contributed by atoms with Crippen LogP contribution >= 0.6 is 0 Å². The van der Waals surface area contributed by atoms with Crippen LogP contribution in [0, 0.1) is 20.8 Å². The van der Waals surface area contributed by atoms with E-state index in [2.05, 4.69) is 51.5 Å². The van der Waals surface area contributed by atoms with Gasteiger partial charge in [-0.05, 0) is 70.0 Å². The van der Waals surface area contributed by atoms with Gasteiger partial charge in [0.2, 0.25) is 0 Å². The maximum Gasteiger partial charge on any atom is 0.255 e. The number of aryl methyl sites for hydroxylation is 3. The number of amides is 1. The Balaban J connectivity index is 1.16. The summed E-state index contributed by atoms with van der Waals surface area (Å²) in [6.07, 6.45) is 2.01. The predicted octanol–water partition coefficient (Wildman–Crippen LogP) is 4.51. The Morgan fingerprint density at radius 3 is 2.57 bits per heavy atom. The molecule has 0 aliphatic carbocycles. The Hall–Kier alpha value is -3.32. The third kappa shape index (κ3) is 6.63. The molecule has 1 amide bonds. The first-order valence-electron chi connectivity index (χ1n) is 12.5. The van der Waals surface area contributed by atoms with E-state index in [0.717, 1.165) is 62.6 Å². The third-order valence-electron chi connectivity index (χ3n) is 6.61. The molecule has 0 bridgehead atoms. The molecule has 1 aromatic heterocycles. The van der Waals surface area contributed by atoms with Gasteiger partial charge in [0.25, 0.3) is 5.91 Å². The average molecular weight is 477 g/mol. The number of nitrogens with one attached hydrogen (secondary N) is 1. The molecule has 3 aromatic rings. The zero-order chi connectivity index (χ0) is 24.6. The molecule has 1 fully saturated rings. The van der Waals surface area contributed by atoms with Crippen molar-refractivity contribution in [3.8, 4) is 5.75 Å². The predicted molar refractivity (Wildman–Crippen MR) is 138 cm³/mol. The Bertz CT molecular complexity index is 1100. The molecular formula is C28H36N4O3. The van der Waals surface area contributed by atoms with Crippen molar-refractivity contribution in [2.75, 3.05) is 44.2 Å². The van der Waals surface area contributed by atoms with Gasteiger partial charge < -0.3 is 19.5 Å². The average Bonchev–Trinajstić information content (AvgIpc) is 3.19. The van der Waals surface area contributed by atoms with Crippen molar-refractivity contribution in [2.45, 2.75) is 40.2 Å². The van der Waals surface area contributed by atoms with E-state index in [-0.39, 0.29) is 5.91 Å². The van der Waals surface area contributed by atoms with Crippen LogP contribution in [0.3, 0.4) is 0 Å². The minimum absolute atomic E-state index is 0.105. The van der Waals surface area contributed by atoms with E-state index in [9.17, 15) is 4.79 Å². The Morgan fingerprint density at radius 2 is 1.83 bits per heavy atom. The summed E-state index contributed by atoms with van der Waals surface area (Å²) in [6.45, 7) is 12.2. The standard InChI is InChI=1S/C28H36N4O3/c1-21-9-8-10-24(19-21)32-17-15-31(16-18-32)14-7-6-13-29-28(33)25-11-4-5-12-27(25)34-20-26-22(2)30-35-23(26)3/h4-5,8-12,19H,6-7,13-18,20H2,1-3H3,(H,29,33). The number of rotatable bonds is 10. The Kier molecular flexibility index (Phi) is 8.42. The minimum Gasteiger partial charge on any atom is -0.488 e. The van der Waals surface area contributed by atoms with E-state index >= 15 is 0 Å². The van der Waals surface area contributed by atoms with Crippen LogP contribution in [0.4, 0.5) is 5.69 Å². The number of hydrogen-bond donors (Lipinski definition) is 1. The summed E-state index contributed by atoms with van der Waals surface area (Å²) in [6, 6.07) is 16.1. The first-order valence-corrected chi connectivity index (χ1v) is 12.5. The lowest BCUT2D eigenvalue weighted by molar-refractivity contribution is 0.0948. The number of nitrogens with zero attached hydrogens (tertiary/aromatic N) is 3. The lowest BCUT2D eigenvalue weighted by atomic mass is 10.1. The summed E-state index contributed by atoms with van der Waals surface area (Å²) in [5.41, 5.74) is 4.90. The van der Waals surface area contributed by atoms with E-state index in [4.69, 9.17) is 9.26 Å². The molecule has 1 aliphatic heterocycles. The molecule has 1 saturated heterocycles. The second kappa shape index (κ2) is 11.9. The quantitative estimate of drug-likeness (QED) is 0.434. The number of carbonyl (C=O) groups excluding carboxylic acids is 1. The number of ether oxygens (including phenoxy) is 1. The van der Waals surface area contributed by atoms with Crippen LogP contribution in [0.2, 0.25) is 0 Å². The smallest absolute Gasteiger partial charge is 0.255 e. The lowest BCUT2D eigenvalue weighted by Gasteiger charge is -2.36. The van der Waals surface area contributed by atoms with Gasteiger partial charge in [0.15, 0.2) is 0 Å². The second-order valence-electron chi connectivity index (χ2n) is 9.22. The van der Waals surface area contributed by atoms with E-state index in [1.165, 1.54) is 11.3 Å². The molecule has 0 saturated carbocycles. The number of carbonyl (C=O) groups is 1. The molecule has 1 N–H and O–H groups in total. The maximum absolute atomic E-state index is 12.8. The molecule has 186 valence electrons. The minimum atomic E-state index is -0.105. The summed E-state index contributed by atoms with van der Waals surface area (Å²) in [5.74, 6) is 1.20. The fourth-order valence-electron chi connectivity index (χ4n) is 4.45. The number of aromatic nitrogens is 1. The number of unbranched alkanes of at least 4 members (excludes halogenated alkanes) is 1. The molecule has 2 aromatic carbocycles. The van der Waals surface area contributed by atoms with Crippen LogP contribution < -0.4 is 15.0 Å². The van der Waals surface area contributed by atoms with Crippen molar-refractivity contribution in [3.63, 3.8) is 0 Å². The highest BCUT2D eigenvalue weighted by atomic mass is 16.5. The molecule has 0 spiro atoms. The Labute approximate surface area is 208 Å². The zero-order valence-electron chi connectivity index (χ0n) is 21.0. The van der Waals surface area contributed by atoms with Crippen LogP contribution in [-0.2, 0) is 6.61 Å². The van der Waals surface area contributed by atoms with E-state index < -0.39 is 0 Å². The van der Waals surface area contributed by atoms with Crippen LogP contribution in [-0.4, -0.2) is 55.2 Å². The molecule has 0 atom stereocenters. The molecular weight excluding hydrogens is 440 g/mol. The normalized spacial score (nSPS) is 14.2. The zero-order valence-corrected chi connectivity index (χ0v) is 21.0. The van der Waals surface area contributed by atoms with Gasteiger partial charge in [-0.25, -0.2) is 0 Å². The number of anilines is 1. The third-order valence-corrected chi connectivity index (χ3v) is 6.61. The molecule has 0 radical (unpaired) electrons. The van der Waals surface area contributed by atoms with E-state index in [0.29, 0.717) is 24.5 Å². The second-order valence-corrected chi connectivity index (χ2v) is 9.22. The van der Waals surface area contributed by atoms with Gasteiger partial charge in [-0.1, -0.05) is 29.4 Å². The molecule has 7 nitrogen and oxygen atoms in total. The van der Waals surface area contributed by atoms with Gasteiger partial charge >= 0.3 is 0 Å². The molecule has 35 heavy (non-hydrogen) atoms. The number of para-hydroxylation sites is 1. The van der Waals surface area contributed by atoms with Crippen LogP contribution in [0.1, 0.15) is 45.8 Å². The summed E-state index contributed by atoms with van der Waals surface area (Å²) >= 11 is 0. The molecule has 4 rings (SSSR count). The Morgan fingerprint density at radius 1 is 1.03 bits per heavy atom. The van der Waals surface area contributed by atoms with Gasteiger partial charge in [-0.15, -0.1) is 0 Å². The summed E-state index contributed by atoms with van der Waals surface area (Å²) in [7, 11) is 0. The van der Waals surface area contributed by atoms with Crippen LogP contribution in [0.5, 0.6) is 5.75 Å². The highest BCUT2D eigenvalue weighted by Crippen LogP contribution is 2.22. The largest absolute Gasteiger partial charge is 0.488 e. The highest BCUT2D eigenvalue weighted by Gasteiger charge is 2.17. The van der Waals surface area contributed by atoms with Crippen molar-refractivity contribution >= 4 is 11.6 Å². The fraction of sp³-hybridized carbons (Fsp3) is 0.429. The number of piperazine rings is 1.